The number of benzene rings is 2. The summed E-state index contributed by atoms with van der Waals surface area (Å²) in [6, 6.07) is 15.0. The molecule has 0 atom stereocenters. The average molecular weight is 432 g/mol. The van der Waals surface area contributed by atoms with E-state index >= 15 is 0 Å². The van der Waals surface area contributed by atoms with Crippen LogP contribution in [0.3, 0.4) is 0 Å². The number of hydrogen-bond acceptors (Lipinski definition) is 2. The van der Waals surface area contributed by atoms with Gasteiger partial charge in [-0.15, -0.1) is 0 Å². The first kappa shape index (κ1) is 14.3. The number of para-hydroxylation sites is 1. The minimum atomic E-state index is -0.177. The molecule has 1 N–H and O–H groups in total. The summed E-state index contributed by atoms with van der Waals surface area (Å²) in [4.78, 5) is 11.8. The Balaban J connectivity index is 1.90. The molecule has 0 aliphatic rings. The van der Waals surface area contributed by atoms with Crippen molar-refractivity contribution in [3.05, 3.63) is 56.6 Å². The van der Waals surface area contributed by atoms with Gasteiger partial charge in [-0.05, 0) is 52.9 Å². The van der Waals surface area contributed by atoms with Gasteiger partial charge in [-0.2, -0.15) is 0 Å². The molecule has 2 aromatic carbocycles. The maximum Gasteiger partial charge on any atom is 0.262 e. The SMILES string of the molecule is O=C(COc1cccc(Br)c1)Nc1ccccc1I. The van der Waals surface area contributed by atoms with E-state index in [1.165, 1.54) is 0 Å². The zero-order chi connectivity index (χ0) is 13.7. The van der Waals surface area contributed by atoms with Crippen molar-refractivity contribution < 1.29 is 9.53 Å². The van der Waals surface area contributed by atoms with E-state index < -0.39 is 0 Å². The van der Waals surface area contributed by atoms with Crippen molar-refractivity contribution in [3.63, 3.8) is 0 Å². The highest BCUT2D eigenvalue weighted by Crippen LogP contribution is 2.19. The summed E-state index contributed by atoms with van der Waals surface area (Å²) in [5.74, 6) is 0.483. The van der Waals surface area contributed by atoms with Gasteiger partial charge in [0.2, 0.25) is 0 Å². The van der Waals surface area contributed by atoms with Crippen LogP contribution in [0.2, 0.25) is 0 Å². The van der Waals surface area contributed by atoms with Gasteiger partial charge in [-0.3, -0.25) is 4.79 Å². The lowest BCUT2D eigenvalue weighted by Gasteiger charge is -2.08. The fourth-order valence-electron chi connectivity index (χ4n) is 1.45. The Morgan fingerprint density at radius 1 is 1.21 bits per heavy atom. The fraction of sp³-hybridized carbons (Fsp3) is 0.0714. The number of nitrogens with one attached hydrogen (secondary N) is 1. The second-order valence-electron chi connectivity index (χ2n) is 3.77. The molecule has 3 nitrogen and oxygen atoms in total. The van der Waals surface area contributed by atoms with Gasteiger partial charge in [-0.25, -0.2) is 0 Å². The number of carbonyl (C=O) groups excluding carboxylic acids is 1. The lowest BCUT2D eigenvalue weighted by atomic mass is 10.3. The van der Waals surface area contributed by atoms with Gasteiger partial charge in [-0.1, -0.05) is 34.1 Å². The first-order chi connectivity index (χ1) is 9.15. The number of hydrogen-bond donors (Lipinski definition) is 1. The van der Waals surface area contributed by atoms with Crippen molar-refractivity contribution in [2.24, 2.45) is 0 Å². The van der Waals surface area contributed by atoms with Crippen LogP contribution in [0.25, 0.3) is 0 Å². The molecule has 1 amide bonds. The van der Waals surface area contributed by atoms with Crippen molar-refractivity contribution in [1.29, 1.82) is 0 Å². The Bertz CT molecular complexity index is 589. The molecular weight excluding hydrogens is 421 g/mol. The molecule has 5 heteroatoms. The number of anilines is 1. The van der Waals surface area contributed by atoms with Crippen LogP contribution in [0.5, 0.6) is 5.75 Å². The van der Waals surface area contributed by atoms with E-state index in [4.69, 9.17) is 4.74 Å². The topological polar surface area (TPSA) is 38.3 Å². The molecule has 0 heterocycles. The van der Waals surface area contributed by atoms with Gasteiger partial charge < -0.3 is 10.1 Å². The van der Waals surface area contributed by atoms with E-state index in [0.717, 1.165) is 13.7 Å². The minimum Gasteiger partial charge on any atom is -0.484 e. The summed E-state index contributed by atoms with van der Waals surface area (Å²) in [7, 11) is 0. The third-order valence-corrected chi connectivity index (χ3v) is 3.75. The van der Waals surface area contributed by atoms with Crippen LogP contribution < -0.4 is 10.1 Å². The van der Waals surface area contributed by atoms with E-state index in [1.807, 2.05) is 48.5 Å². The molecule has 0 aliphatic carbocycles. The van der Waals surface area contributed by atoms with Gasteiger partial charge in [0, 0.05) is 8.04 Å². The van der Waals surface area contributed by atoms with E-state index in [2.05, 4.69) is 43.8 Å². The van der Waals surface area contributed by atoms with Crippen LogP contribution in [0.15, 0.2) is 53.0 Å². The summed E-state index contributed by atoms with van der Waals surface area (Å²) < 4.78 is 7.33. The number of halogens is 2. The summed E-state index contributed by atoms with van der Waals surface area (Å²) in [5.41, 5.74) is 0.797. The Morgan fingerprint density at radius 2 is 2.00 bits per heavy atom. The molecule has 19 heavy (non-hydrogen) atoms. The van der Waals surface area contributed by atoms with Gasteiger partial charge in [0.05, 0.1) is 5.69 Å². The second kappa shape index (κ2) is 6.91. The average Bonchev–Trinajstić information content (AvgIpc) is 2.39. The molecule has 0 saturated heterocycles. The molecule has 2 aromatic rings. The molecule has 0 aliphatic heterocycles. The van der Waals surface area contributed by atoms with Crippen LogP contribution in [-0.2, 0) is 4.79 Å². The third kappa shape index (κ3) is 4.50. The van der Waals surface area contributed by atoms with Gasteiger partial charge in [0.1, 0.15) is 5.75 Å². The maximum absolute atomic E-state index is 11.8. The predicted molar refractivity (Wildman–Crippen MR) is 87.4 cm³/mol. The zero-order valence-electron chi connectivity index (χ0n) is 9.90. The molecule has 0 unspecified atom stereocenters. The van der Waals surface area contributed by atoms with Gasteiger partial charge in [0.15, 0.2) is 6.61 Å². The summed E-state index contributed by atoms with van der Waals surface area (Å²) in [5, 5.41) is 2.81. The van der Waals surface area contributed by atoms with Crippen molar-refractivity contribution in [2.45, 2.75) is 0 Å². The van der Waals surface area contributed by atoms with Crippen LogP contribution in [-0.4, -0.2) is 12.5 Å². The Kier molecular flexibility index (Phi) is 5.21. The molecule has 0 saturated carbocycles. The van der Waals surface area contributed by atoms with Crippen LogP contribution in [0.1, 0.15) is 0 Å². The monoisotopic (exact) mass is 431 g/mol. The number of amides is 1. The normalized spacial score (nSPS) is 10.0. The number of rotatable bonds is 4. The fourth-order valence-corrected chi connectivity index (χ4v) is 2.36. The van der Waals surface area contributed by atoms with E-state index in [0.29, 0.717) is 5.75 Å². The van der Waals surface area contributed by atoms with Crippen molar-refractivity contribution in [3.8, 4) is 5.75 Å². The third-order valence-electron chi connectivity index (χ3n) is 2.31. The molecule has 0 fully saturated rings. The highest BCUT2D eigenvalue weighted by Gasteiger charge is 2.06. The summed E-state index contributed by atoms with van der Waals surface area (Å²) in [6.07, 6.45) is 0. The van der Waals surface area contributed by atoms with E-state index in [1.54, 1.807) is 0 Å². The maximum atomic E-state index is 11.8. The lowest BCUT2D eigenvalue weighted by Crippen LogP contribution is -2.20. The van der Waals surface area contributed by atoms with Crippen molar-refractivity contribution >= 4 is 50.1 Å². The van der Waals surface area contributed by atoms with Crippen molar-refractivity contribution in [1.82, 2.24) is 0 Å². The van der Waals surface area contributed by atoms with Crippen LogP contribution in [0, 0.1) is 3.57 Å². The quantitative estimate of drug-likeness (QED) is 0.741. The molecule has 0 spiro atoms. The molecule has 98 valence electrons. The van der Waals surface area contributed by atoms with Gasteiger partial charge >= 0.3 is 0 Å². The highest BCUT2D eigenvalue weighted by atomic mass is 127. The van der Waals surface area contributed by atoms with Gasteiger partial charge in [0.25, 0.3) is 5.91 Å². The lowest BCUT2D eigenvalue weighted by molar-refractivity contribution is -0.118. The van der Waals surface area contributed by atoms with Crippen LogP contribution >= 0.6 is 38.5 Å². The molecule has 0 bridgehead atoms. The summed E-state index contributed by atoms with van der Waals surface area (Å²) in [6.45, 7) is -0.0125. The number of ether oxygens (including phenoxy) is 1. The zero-order valence-corrected chi connectivity index (χ0v) is 13.6. The Hall–Kier alpha value is -1.08. The highest BCUT2D eigenvalue weighted by molar-refractivity contribution is 14.1. The molecule has 0 radical (unpaired) electrons. The first-order valence-corrected chi connectivity index (χ1v) is 7.45. The largest absolute Gasteiger partial charge is 0.484 e. The molecule has 0 aromatic heterocycles. The van der Waals surface area contributed by atoms with Crippen molar-refractivity contribution in [2.75, 3.05) is 11.9 Å². The van der Waals surface area contributed by atoms with E-state index in [9.17, 15) is 4.79 Å². The molecular formula is C14H11BrINO2. The standard InChI is InChI=1S/C14H11BrINO2/c15-10-4-3-5-11(8-10)19-9-14(18)17-13-7-2-1-6-12(13)16/h1-8H,9H2,(H,17,18). The van der Waals surface area contributed by atoms with Crippen LogP contribution in [0.4, 0.5) is 5.69 Å². The second-order valence-corrected chi connectivity index (χ2v) is 5.85. The number of carbonyl (C=O) groups is 1. The smallest absolute Gasteiger partial charge is 0.262 e. The summed E-state index contributed by atoms with van der Waals surface area (Å²) >= 11 is 5.53. The Morgan fingerprint density at radius 3 is 2.74 bits per heavy atom. The van der Waals surface area contributed by atoms with E-state index in [-0.39, 0.29) is 12.5 Å². The predicted octanol–water partition coefficient (Wildman–Crippen LogP) is 4.07. The minimum absolute atomic E-state index is 0.0125. The Labute approximate surface area is 133 Å². The molecule has 2 rings (SSSR count). The first-order valence-electron chi connectivity index (χ1n) is 5.58.